The van der Waals surface area contributed by atoms with Gasteiger partial charge in [-0.05, 0) is 43.3 Å². The van der Waals surface area contributed by atoms with Gasteiger partial charge < -0.3 is 10.6 Å². The largest absolute Gasteiger partial charge is 0.418 e. The van der Waals surface area contributed by atoms with Crippen LogP contribution in [0.4, 0.5) is 24.5 Å². The minimum absolute atomic E-state index is 0.255. The van der Waals surface area contributed by atoms with E-state index < -0.39 is 23.7 Å². The SMILES string of the molecule is C[C@@H](Nc1ccc(Br)cc1)C(=O)Nc1ccccc1C(F)(F)F. The molecule has 2 N–H and O–H groups in total. The van der Waals surface area contributed by atoms with Crippen LogP contribution < -0.4 is 10.6 Å². The van der Waals surface area contributed by atoms with E-state index in [1.54, 1.807) is 31.2 Å². The van der Waals surface area contributed by atoms with Gasteiger partial charge in [0.1, 0.15) is 6.04 Å². The van der Waals surface area contributed by atoms with E-state index in [1.807, 2.05) is 0 Å². The summed E-state index contributed by atoms with van der Waals surface area (Å²) in [5.41, 5.74) is -0.432. The zero-order valence-corrected chi connectivity index (χ0v) is 13.7. The van der Waals surface area contributed by atoms with E-state index in [4.69, 9.17) is 0 Å². The van der Waals surface area contributed by atoms with Crippen LogP contribution in [0.2, 0.25) is 0 Å². The Morgan fingerprint density at radius 1 is 1.09 bits per heavy atom. The summed E-state index contributed by atoms with van der Waals surface area (Å²) in [6.45, 7) is 1.58. The van der Waals surface area contributed by atoms with E-state index in [0.29, 0.717) is 5.69 Å². The average Bonchev–Trinajstić information content (AvgIpc) is 2.49. The lowest BCUT2D eigenvalue weighted by Crippen LogP contribution is -2.32. The second-order valence-corrected chi connectivity index (χ2v) is 5.82. The van der Waals surface area contributed by atoms with Crippen LogP contribution in [-0.2, 0) is 11.0 Å². The second-order valence-electron chi connectivity index (χ2n) is 4.91. The van der Waals surface area contributed by atoms with Crippen molar-refractivity contribution in [1.29, 1.82) is 0 Å². The van der Waals surface area contributed by atoms with Crippen LogP contribution in [-0.4, -0.2) is 11.9 Å². The number of hydrogen-bond acceptors (Lipinski definition) is 2. The van der Waals surface area contributed by atoms with Crippen molar-refractivity contribution in [2.24, 2.45) is 0 Å². The first-order valence-corrected chi connectivity index (χ1v) is 7.56. The van der Waals surface area contributed by atoms with Gasteiger partial charge in [-0.1, -0.05) is 28.1 Å². The van der Waals surface area contributed by atoms with E-state index in [0.717, 1.165) is 10.5 Å². The average molecular weight is 387 g/mol. The molecule has 2 aromatic carbocycles. The fourth-order valence-electron chi connectivity index (χ4n) is 1.94. The van der Waals surface area contributed by atoms with Crippen molar-refractivity contribution >= 4 is 33.2 Å². The molecule has 0 saturated carbocycles. The van der Waals surface area contributed by atoms with Gasteiger partial charge in [0.15, 0.2) is 0 Å². The zero-order chi connectivity index (χ0) is 17.0. The van der Waals surface area contributed by atoms with Gasteiger partial charge in [-0.3, -0.25) is 4.79 Å². The molecular weight excluding hydrogens is 373 g/mol. The highest BCUT2D eigenvalue weighted by atomic mass is 79.9. The summed E-state index contributed by atoms with van der Waals surface area (Å²) in [7, 11) is 0. The molecule has 0 aliphatic heterocycles. The molecule has 2 aromatic rings. The Balaban J connectivity index is 2.08. The highest BCUT2D eigenvalue weighted by Crippen LogP contribution is 2.34. The summed E-state index contributed by atoms with van der Waals surface area (Å²) < 4.78 is 39.6. The van der Waals surface area contributed by atoms with Crippen LogP contribution in [0, 0.1) is 0 Å². The predicted molar refractivity (Wildman–Crippen MR) is 87.3 cm³/mol. The molecule has 0 aliphatic carbocycles. The summed E-state index contributed by atoms with van der Waals surface area (Å²) in [5.74, 6) is -0.551. The minimum Gasteiger partial charge on any atom is -0.374 e. The highest BCUT2D eigenvalue weighted by molar-refractivity contribution is 9.10. The van der Waals surface area contributed by atoms with Crippen molar-refractivity contribution in [2.75, 3.05) is 10.6 Å². The minimum atomic E-state index is -4.52. The Hall–Kier alpha value is -2.02. The lowest BCUT2D eigenvalue weighted by molar-refractivity contribution is -0.137. The van der Waals surface area contributed by atoms with Crippen molar-refractivity contribution in [3.63, 3.8) is 0 Å². The van der Waals surface area contributed by atoms with E-state index in [2.05, 4.69) is 26.6 Å². The number of hydrogen-bond donors (Lipinski definition) is 2. The van der Waals surface area contributed by atoms with Crippen LogP contribution in [0.3, 0.4) is 0 Å². The summed E-state index contributed by atoms with van der Waals surface area (Å²) in [5, 5.41) is 5.25. The molecule has 0 bridgehead atoms. The zero-order valence-electron chi connectivity index (χ0n) is 12.1. The van der Waals surface area contributed by atoms with E-state index in [1.165, 1.54) is 18.2 Å². The van der Waals surface area contributed by atoms with Gasteiger partial charge in [0.2, 0.25) is 5.91 Å². The van der Waals surface area contributed by atoms with Crippen molar-refractivity contribution in [3.8, 4) is 0 Å². The standard InChI is InChI=1S/C16H14BrF3N2O/c1-10(21-12-8-6-11(17)7-9-12)15(23)22-14-5-3-2-4-13(14)16(18,19)20/h2-10,21H,1H3,(H,22,23)/t10-/m1/s1. The maximum absolute atomic E-state index is 12.9. The normalized spacial score (nSPS) is 12.6. The molecule has 1 amide bonds. The molecule has 122 valence electrons. The Labute approximate surface area is 140 Å². The monoisotopic (exact) mass is 386 g/mol. The third-order valence-electron chi connectivity index (χ3n) is 3.11. The van der Waals surface area contributed by atoms with E-state index in [-0.39, 0.29) is 5.69 Å². The highest BCUT2D eigenvalue weighted by Gasteiger charge is 2.33. The topological polar surface area (TPSA) is 41.1 Å². The first kappa shape index (κ1) is 17.3. The van der Waals surface area contributed by atoms with Gasteiger partial charge in [0.25, 0.3) is 0 Å². The lowest BCUT2D eigenvalue weighted by Gasteiger charge is -2.18. The van der Waals surface area contributed by atoms with Crippen LogP contribution in [0.15, 0.2) is 53.0 Å². The molecule has 0 aromatic heterocycles. The number of alkyl halides is 3. The molecule has 0 aliphatic rings. The number of para-hydroxylation sites is 1. The second kappa shape index (κ2) is 7.04. The predicted octanol–water partition coefficient (Wildman–Crippen LogP) is 4.91. The Bertz CT molecular complexity index is 686. The third kappa shape index (κ3) is 4.72. The maximum Gasteiger partial charge on any atom is 0.418 e. The molecule has 1 atom stereocenters. The molecule has 7 heteroatoms. The van der Waals surface area contributed by atoms with Crippen LogP contribution >= 0.6 is 15.9 Å². The molecule has 0 fully saturated rings. The number of halogens is 4. The summed E-state index contributed by atoms with van der Waals surface area (Å²) in [4.78, 5) is 12.1. The van der Waals surface area contributed by atoms with Crippen molar-refractivity contribution in [2.45, 2.75) is 19.1 Å². The quantitative estimate of drug-likeness (QED) is 0.783. The molecule has 23 heavy (non-hydrogen) atoms. The van der Waals surface area contributed by atoms with Crippen molar-refractivity contribution in [3.05, 3.63) is 58.6 Å². The number of carbonyl (C=O) groups excluding carboxylic acids is 1. The maximum atomic E-state index is 12.9. The summed E-state index contributed by atoms with van der Waals surface area (Å²) in [6.07, 6.45) is -4.52. The molecule has 3 nitrogen and oxygen atoms in total. The molecule has 0 heterocycles. The van der Waals surface area contributed by atoms with Gasteiger partial charge in [0, 0.05) is 10.2 Å². The van der Waals surface area contributed by atoms with Crippen molar-refractivity contribution in [1.82, 2.24) is 0 Å². The summed E-state index contributed by atoms with van der Waals surface area (Å²) >= 11 is 3.30. The Morgan fingerprint density at radius 2 is 1.70 bits per heavy atom. The molecule has 0 spiro atoms. The number of rotatable bonds is 4. The van der Waals surface area contributed by atoms with Crippen LogP contribution in [0.25, 0.3) is 0 Å². The van der Waals surface area contributed by atoms with Gasteiger partial charge in [0.05, 0.1) is 11.3 Å². The molecule has 0 radical (unpaired) electrons. The third-order valence-corrected chi connectivity index (χ3v) is 3.64. The molecule has 0 saturated heterocycles. The van der Waals surface area contributed by atoms with Crippen molar-refractivity contribution < 1.29 is 18.0 Å². The smallest absolute Gasteiger partial charge is 0.374 e. The van der Waals surface area contributed by atoms with Crippen LogP contribution in [0.5, 0.6) is 0 Å². The first-order valence-electron chi connectivity index (χ1n) is 6.76. The van der Waals surface area contributed by atoms with Gasteiger partial charge in [-0.2, -0.15) is 13.2 Å². The molecule has 2 rings (SSSR count). The fourth-order valence-corrected chi connectivity index (χ4v) is 2.21. The Kier molecular flexibility index (Phi) is 5.30. The lowest BCUT2D eigenvalue weighted by atomic mass is 10.1. The number of amides is 1. The summed E-state index contributed by atoms with van der Waals surface area (Å²) in [6, 6.07) is 11.3. The fraction of sp³-hybridized carbons (Fsp3) is 0.188. The Morgan fingerprint density at radius 3 is 2.30 bits per heavy atom. The number of carbonyl (C=O) groups is 1. The van der Waals surface area contributed by atoms with E-state index in [9.17, 15) is 18.0 Å². The number of anilines is 2. The molecule has 0 unspecified atom stereocenters. The van der Waals surface area contributed by atoms with Gasteiger partial charge in [-0.15, -0.1) is 0 Å². The first-order chi connectivity index (χ1) is 10.8. The number of nitrogens with one attached hydrogen (secondary N) is 2. The van der Waals surface area contributed by atoms with Gasteiger partial charge in [-0.25, -0.2) is 0 Å². The molecular formula is C16H14BrF3N2O. The van der Waals surface area contributed by atoms with E-state index >= 15 is 0 Å². The number of benzene rings is 2. The van der Waals surface area contributed by atoms with Crippen LogP contribution in [0.1, 0.15) is 12.5 Å². The van der Waals surface area contributed by atoms with Gasteiger partial charge >= 0.3 is 6.18 Å².